The first kappa shape index (κ1) is 12.7. The van der Waals surface area contributed by atoms with E-state index in [-0.39, 0.29) is 0 Å². The van der Waals surface area contributed by atoms with Crippen LogP contribution < -0.4 is 0 Å². The van der Waals surface area contributed by atoms with E-state index in [1.807, 2.05) is 13.8 Å². The van der Waals surface area contributed by atoms with Gasteiger partial charge in [0.2, 0.25) is 0 Å². The van der Waals surface area contributed by atoms with Crippen molar-refractivity contribution in [2.75, 3.05) is 0 Å². The van der Waals surface area contributed by atoms with Crippen molar-refractivity contribution in [1.82, 2.24) is 0 Å². The Labute approximate surface area is 110 Å². The standard InChI is InChI=1S/C6H5I3.C2H6/c7-4-2-1-3-5(8)6(4)9;1-2/h2H,1,3H2;1-2H3. The number of allylic oxidation sites excluding steroid dienone is 4. The molecule has 1 aliphatic rings. The maximum atomic E-state index is 2.42. The van der Waals surface area contributed by atoms with Crippen LogP contribution in [0.5, 0.6) is 0 Å². The Hall–Kier alpha value is 1.67. The minimum atomic E-state index is 1.23. The molecule has 1 rings (SSSR count). The molecule has 0 bridgehead atoms. The van der Waals surface area contributed by atoms with E-state index in [1.54, 1.807) is 0 Å². The summed E-state index contributed by atoms with van der Waals surface area (Å²) in [6.45, 7) is 4.00. The fraction of sp³-hybridized carbons (Fsp3) is 0.500. The topological polar surface area (TPSA) is 0 Å². The smallest absolute Gasteiger partial charge is 0.0353 e. The predicted molar refractivity (Wildman–Crippen MR) is 77.8 cm³/mol. The van der Waals surface area contributed by atoms with Crippen molar-refractivity contribution in [3.8, 4) is 0 Å². The van der Waals surface area contributed by atoms with Crippen LogP contribution >= 0.6 is 67.8 Å². The molecule has 1 aliphatic carbocycles. The van der Waals surface area contributed by atoms with Gasteiger partial charge in [-0.25, -0.2) is 0 Å². The highest BCUT2D eigenvalue weighted by atomic mass is 127. The van der Waals surface area contributed by atoms with Crippen LogP contribution in [0.1, 0.15) is 26.7 Å². The van der Waals surface area contributed by atoms with E-state index in [0.717, 1.165) is 0 Å². The van der Waals surface area contributed by atoms with Crippen molar-refractivity contribution in [1.29, 1.82) is 0 Å². The van der Waals surface area contributed by atoms with E-state index >= 15 is 0 Å². The Balaban J connectivity index is 0.000000461. The van der Waals surface area contributed by atoms with Gasteiger partial charge in [-0.15, -0.1) is 0 Å². The predicted octanol–water partition coefficient (Wildman–Crippen LogP) is 5.21. The number of halogens is 3. The lowest BCUT2D eigenvalue weighted by Gasteiger charge is -2.07. The van der Waals surface area contributed by atoms with Crippen LogP contribution in [0, 0.1) is 0 Å². The second-order valence-corrected chi connectivity index (χ2v) is 5.35. The van der Waals surface area contributed by atoms with Crippen LogP contribution in [0.25, 0.3) is 0 Å². The summed E-state index contributed by atoms with van der Waals surface area (Å²) in [5.74, 6) is 0. The SMILES string of the molecule is CC.IC1=CCCC(I)=C1I. The molecule has 0 fully saturated rings. The van der Waals surface area contributed by atoms with Gasteiger partial charge in [0.15, 0.2) is 0 Å². The van der Waals surface area contributed by atoms with Gasteiger partial charge in [-0.05, 0) is 80.6 Å². The van der Waals surface area contributed by atoms with Crippen LogP contribution in [0.3, 0.4) is 0 Å². The van der Waals surface area contributed by atoms with E-state index in [9.17, 15) is 0 Å². The third-order valence-corrected chi connectivity index (χ3v) is 6.49. The molecule has 0 unspecified atom stereocenters. The van der Waals surface area contributed by atoms with E-state index in [1.165, 1.54) is 23.6 Å². The third-order valence-electron chi connectivity index (χ3n) is 1.14. The summed E-state index contributed by atoms with van der Waals surface area (Å²) in [6.07, 6.45) is 4.76. The highest BCUT2D eigenvalue weighted by Gasteiger charge is 2.07. The Bertz CT molecular complexity index is 180. The first-order valence-corrected chi connectivity index (χ1v) is 6.85. The summed E-state index contributed by atoms with van der Waals surface area (Å²) in [6, 6.07) is 0. The van der Waals surface area contributed by atoms with E-state index in [0.29, 0.717) is 0 Å². The number of hydrogen-bond donors (Lipinski definition) is 0. The van der Waals surface area contributed by atoms with Crippen molar-refractivity contribution >= 4 is 67.8 Å². The van der Waals surface area contributed by atoms with Crippen molar-refractivity contribution in [2.24, 2.45) is 0 Å². The molecule has 0 aromatic heterocycles. The summed E-state index contributed by atoms with van der Waals surface area (Å²) in [5.41, 5.74) is 0. The molecule has 0 N–H and O–H groups in total. The van der Waals surface area contributed by atoms with E-state index in [4.69, 9.17) is 0 Å². The molecule has 3 heteroatoms. The summed E-state index contributed by atoms with van der Waals surface area (Å²) in [5, 5.41) is 0. The second-order valence-electron chi connectivity index (χ2n) is 1.81. The zero-order valence-electron chi connectivity index (χ0n) is 6.63. The molecule has 0 amide bonds. The normalized spacial score (nSPS) is 17.0. The van der Waals surface area contributed by atoms with Gasteiger partial charge >= 0.3 is 0 Å². The van der Waals surface area contributed by atoms with Crippen molar-refractivity contribution in [2.45, 2.75) is 26.7 Å². The van der Waals surface area contributed by atoms with Gasteiger partial charge in [-0.1, -0.05) is 19.9 Å². The molecule has 11 heavy (non-hydrogen) atoms. The molecule has 0 saturated heterocycles. The molecule has 0 nitrogen and oxygen atoms in total. The average molecular weight is 488 g/mol. The minimum absolute atomic E-state index is 1.23. The van der Waals surface area contributed by atoms with E-state index < -0.39 is 0 Å². The Morgan fingerprint density at radius 3 is 2.09 bits per heavy atom. The molecule has 0 atom stereocenters. The average Bonchev–Trinajstić information content (AvgIpc) is 2.04. The molecule has 64 valence electrons. The monoisotopic (exact) mass is 488 g/mol. The van der Waals surface area contributed by atoms with Crippen molar-refractivity contribution < 1.29 is 0 Å². The van der Waals surface area contributed by atoms with E-state index in [2.05, 4.69) is 73.8 Å². The lowest BCUT2D eigenvalue weighted by atomic mass is 10.2. The number of hydrogen-bond acceptors (Lipinski definition) is 0. The quantitative estimate of drug-likeness (QED) is 0.412. The Morgan fingerprint density at radius 1 is 1.18 bits per heavy atom. The van der Waals surface area contributed by atoms with Crippen molar-refractivity contribution in [3.05, 3.63) is 16.8 Å². The first-order valence-electron chi connectivity index (χ1n) is 3.62. The molecule has 0 spiro atoms. The van der Waals surface area contributed by atoms with Crippen LogP contribution in [0.2, 0.25) is 0 Å². The lowest BCUT2D eigenvalue weighted by molar-refractivity contribution is 1.03. The molecular formula is C8H11I3. The van der Waals surface area contributed by atoms with Gasteiger partial charge in [-0.3, -0.25) is 0 Å². The third kappa shape index (κ3) is 4.44. The molecule has 0 aromatic carbocycles. The number of rotatable bonds is 0. The summed E-state index contributed by atoms with van der Waals surface area (Å²) >= 11 is 7.22. The van der Waals surface area contributed by atoms with Crippen LogP contribution in [0.15, 0.2) is 16.8 Å². The van der Waals surface area contributed by atoms with Crippen molar-refractivity contribution in [3.63, 3.8) is 0 Å². The van der Waals surface area contributed by atoms with Gasteiger partial charge in [0, 0.05) is 10.7 Å². The maximum absolute atomic E-state index is 2.42. The fourth-order valence-electron chi connectivity index (χ4n) is 0.655. The van der Waals surface area contributed by atoms with Gasteiger partial charge < -0.3 is 0 Å². The maximum Gasteiger partial charge on any atom is 0.0353 e. The zero-order valence-corrected chi connectivity index (χ0v) is 13.1. The molecule has 0 aromatic rings. The Kier molecular flexibility index (Phi) is 8.19. The van der Waals surface area contributed by atoms with Crippen LogP contribution in [-0.2, 0) is 0 Å². The molecule has 0 aliphatic heterocycles. The minimum Gasteiger partial charge on any atom is -0.0697 e. The molecule has 0 saturated carbocycles. The highest BCUT2D eigenvalue weighted by molar-refractivity contribution is 14.1. The van der Waals surface area contributed by atoms with Crippen LogP contribution in [0.4, 0.5) is 0 Å². The Morgan fingerprint density at radius 2 is 1.73 bits per heavy atom. The largest absolute Gasteiger partial charge is 0.0697 e. The van der Waals surface area contributed by atoms with Gasteiger partial charge in [0.25, 0.3) is 0 Å². The summed E-state index contributed by atoms with van der Waals surface area (Å²) < 4.78 is 4.38. The van der Waals surface area contributed by atoms with Gasteiger partial charge in [-0.2, -0.15) is 0 Å². The fourth-order valence-corrected chi connectivity index (χ4v) is 2.90. The second kappa shape index (κ2) is 7.11. The molecule has 0 radical (unpaired) electrons. The van der Waals surface area contributed by atoms with Gasteiger partial charge in [0.1, 0.15) is 0 Å². The zero-order chi connectivity index (χ0) is 8.85. The first-order chi connectivity index (χ1) is 5.22. The molecular weight excluding hydrogens is 477 g/mol. The van der Waals surface area contributed by atoms with Crippen LogP contribution in [-0.4, -0.2) is 0 Å². The summed E-state index contributed by atoms with van der Waals surface area (Å²) in [4.78, 5) is 0. The lowest BCUT2D eigenvalue weighted by Crippen LogP contribution is -1.85. The summed E-state index contributed by atoms with van der Waals surface area (Å²) in [7, 11) is 0. The van der Waals surface area contributed by atoms with Gasteiger partial charge in [0.05, 0.1) is 0 Å². The highest BCUT2D eigenvalue weighted by Crippen LogP contribution is 2.36. The molecule has 0 heterocycles.